The maximum Gasteiger partial charge on any atom is 0.291 e. The largest absolute Gasteiger partial charge is 0.459 e. The van der Waals surface area contributed by atoms with Crippen LogP contribution in [0.5, 0.6) is 0 Å². The summed E-state index contributed by atoms with van der Waals surface area (Å²) in [6, 6.07) is 18.7. The summed E-state index contributed by atoms with van der Waals surface area (Å²) < 4.78 is 5.20. The summed E-state index contributed by atoms with van der Waals surface area (Å²) in [5, 5.41) is 2.84. The number of hydrogen-bond donors (Lipinski definition) is 1. The first kappa shape index (κ1) is 25.6. The molecule has 8 nitrogen and oxygen atoms in total. The van der Waals surface area contributed by atoms with Crippen LogP contribution in [-0.2, 0) is 4.79 Å². The van der Waals surface area contributed by atoms with Crippen LogP contribution in [0.25, 0.3) is 0 Å². The van der Waals surface area contributed by atoms with E-state index in [-0.39, 0.29) is 29.4 Å². The molecule has 3 amide bonds. The molecule has 2 aliphatic heterocycles. The van der Waals surface area contributed by atoms with E-state index in [1.807, 2.05) is 59.2 Å². The van der Waals surface area contributed by atoms with E-state index < -0.39 is 0 Å². The summed E-state index contributed by atoms with van der Waals surface area (Å²) in [6.07, 6.45) is 4.20. The van der Waals surface area contributed by atoms with E-state index in [0.717, 1.165) is 43.6 Å². The molecule has 3 heterocycles. The maximum absolute atomic E-state index is 13.5. The number of likely N-dealkylation sites (tertiary alicyclic amines) is 1. The third-order valence-electron chi connectivity index (χ3n) is 7.46. The van der Waals surface area contributed by atoms with Crippen LogP contribution in [0.4, 0.5) is 11.4 Å². The molecular formula is C30H34N4O4. The van der Waals surface area contributed by atoms with Crippen molar-refractivity contribution in [2.24, 2.45) is 0 Å². The molecule has 0 aliphatic carbocycles. The van der Waals surface area contributed by atoms with Crippen molar-refractivity contribution in [2.45, 2.75) is 32.1 Å². The highest BCUT2D eigenvalue weighted by molar-refractivity contribution is 6.05. The molecule has 2 aliphatic rings. The second-order valence-corrected chi connectivity index (χ2v) is 9.85. The molecule has 8 heteroatoms. The predicted octanol–water partition coefficient (Wildman–Crippen LogP) is 4.61. The molecule has 0 saturated carbocycles. The third-order valence-corrected chi connectivity index (χ3v) is 7.46. The predicted molar refractivity (Wildman–Crippen MR) is 147 cm³/mol. The second kappa shape index (κ2) is 11.5. The fraction of sp³-hybridized carbons (Fsp3) is 0.367. The van der Waals surface area contributed by atoms with E-state index in [2.05, 4.69) is 10.2 Å². The minimum atomic E-state index is -0.363. The van der Waals surface area contributed by atoms with Crippen molar-refractivity contribution in [1.82, 2.24) is 9.80 Å². The van der Waals surface area contributed by atoms with Gasteiger partial charge in [0.2, 0.25) is 5.91 Å². The molecular weight excluding hydrogens is 480 g/mol. The van der Waals surface area contributed by atoms with Crippen LogP contribution >= 0.6 is 0 Å². The van der Waals surface area contributed by atoms with Gasteiger partial charge in [-0.25, -0.2) is 0 Å². The SMILES string of the molecule is CC[C@H](C(=O)N1CCN(c2ccc(NC(=O)c3ccco3)cc2C(=O)N2CCCC2)CC1)c1ccccc1. The highest BCUT2D eigenvalue weighted by atomic mass is 16.3. The zero-order valence-electron chi connectivity index (χ0n) is 21.8. The van der Waals surface area contributed by atoms with Crippen LogP contribution < -0.4 is 10.2 Å². The van der Waals surface area contributed by atoms with Crippen LogP contribution in [0.3, 0.4) is 0 Å². The average molecular weight is 515 g/mol. The van der Waals surface area contributed by atoms with Crippen molar-refractivity contribution in [3.05, 3.63) is 83.8 Å². The second-order valence-electron chi connectivity index (χ2n) is 9.85. The quantitative estimate of drug-likeness (QED) is 0.498. The molecule has 1 N–H and O–H groups in total. The maximum atomic E-state index is 13.5. The Bertz CT molecular complexity index is 1260. The summed E-state index contributed by atoms with van der Waals surface area (Å²) in [5.41, 5.74) is 2.99. The number of amides is 3. The van der Waals surface area contributed by atoms with Gasteiger partial charge in [0, 0.05) is 50.6 Å². The molecule has 2 fully saturated rings. The highest BCUT2D eigenvalue weighted by Gasteiger charge is 2.30. The molecule has 0 bridgehead atoms. The Kier molecular flexibility index (Phi) is 7.77. The van der Waals surface area contributed by atoms with E-state index in [1.165, 1.54) is 6.26 Å². The molecule has 38 heavy (non-hydrogen) atoms. The summed E-state index contributed by atoms with van der Waals surface area (Å²) in [6.45, 7) is 5.98. The normalized spacial score (nSPS) is 16.4. The monoisotopic (exact) mass is 514 g/mol. The Labute approximate surface area is 223 Å². The van der Waals surface area contributed by atoms with Crippen molar-refractivity contribution in [3.63, 3.8) is 0 Å². The molecule has 2 aromatic carbocycles. The molecule has 0 unspecified atom stereocenters. The first-order chi connectivity index (χ1) is 18.5. The minimum Gasteiger partial charge on any atom is -0.459 e. The zero-order chi connectivity index (χ0) is 26.5. The molecule has 1 aromatic heterocycles. The molecule has 198 valence electrons. The number of benzene rings is 2. The topological polar surface area (TPSA) is 86.1 Å². The van der Waals surface area contributed by atoms with Crippen LogP contribution in [0.15, 0.2) is 71.3 Å². The van der Waals surface area contributed by atoms with Crippen LogP contribution in [0, 0.1) is 0 Å². The minimum absolute atomic E-state index is 0.0276. The van der Waals surface area contributed by atoms with Crippen molar-refractivity contribution in [1.29, 1.82) is 0 Å². The van der Waals surface area contributed by atoms with Gasteiger partial charge in [0.25, 0.3) is 11.8 Å². The lowest BCUT2D eigenvalue weighted by atomic mass is 9.94. The molecule has 3 aromatic rings. The lowest BCUT2D eigenvalue weighted by Gasteiger charge is -2.38. The molecule has 2 saturated heterocycles. The summed E-state index contributed by atoms with van der Waals surface area (Å²) in [7, 11) is 0. The first-order valence-corrected chi connectivity index (χ1v) is 13.4. The Morgan fingerprint density at radius 1 is 0.868 bits per heavy atom. The first-order valence-electron chi connectivity index (χ1n) is 13.4. The average Bonchev–Trinajstić information content (AvgIpc) is 3.69. The van der Waals surface area contributed by atoms with Gasteiger partial charge in [-0.15, -0.1) is 0 Å². The van der Waals surface area contributed by atoms with Crippen LogP contribution in [0.1, 0.15) is 58.6 Å². The van der Waals surface area contributed by atoms with Crippen molar-refractivity contribution >= 4 is 29.1 Å². The van der Waals surface area contributed by atoms with Gasteiger partial charge in [0.1, 0.15) is 0 Å². The highest BCUT2D eigenvalue weighted by Crippen LogP contribution is 2.29. The lowest BCUT2D eigenvalue weighted by Crippen LogP contribution is -2.50. The fourth-order valence-corrected chi connectivity index (χ4v) is 5.38. The third kappa shape index (κ3) is 5.44. The van der Waals surface area contributed by atoms with Gasteiger partial charge in [-0.1, -0.05) is 37.3 Å². The van der Waals surface area contributed by atoms with Gasteiger partial charge < -0.3 is 24.4 Å². The Morgan fingerprint density at radius 2 is 1.61 bits per heavy atom. The van der Waals surface area contributed by atoms with E-state index >= 15 is 0 Å². The molecule has 0 radical (unpaired) electrons. The van der Waals surface area contributed by atoms with Crippen LogP contribution in [-0.4, -0.2) is 66.8 Å². The van der Waals surface area contributed by atoms with Gasteiger partial charge in [0.15, 0.2) is 5.76 Å². The summed E-state index contributed by atoms with van der Waals surface area (Å²) in [4.78, 5) is 45.4. The molecule has 1 atom stereocenters. The van der Waals surface area contributed by atoms with Crippen molar-refractivity contribution in [3.8, 4) is 0 Å². The van der Waals surface area contributed by atoms with Gasteiger partial charge in [-0.3, -0.25) is 14.4 Å². The number of piperazine rings is 1. The van der Waals surface area contributed by atoms with E-state index in [0.29, 0.717) is 37.4 Å². The number of nitrogens with zero attached hydrogens (tertiary/aromatic N) is 3. The van der Waals surface area contributed by atoms with Gasteiger partial charge in [-0.05, 0) is 55.2 Å². The zero-order valence-corrected chi connectivity index (χ0v) is 21.8. The van der Waals surface area contributed by atoms with E-state index in [9.17, 15) is 14.4 Å². The standard InChI is InChI=1S/C30H34N4O4/c1-2-24(22-9-4-3-5-10-22)29(36)34-18-16-32(17-19-34)26-13-12-23(31-28(35)27-11-8-20-38-27)21-25(26)30(37)33-14-6-7-15-33/h3-5,8-13,20-21,24H,2,6-7,14-19H2,1H3,(H,31,35)/t24-/m0/s1. The molecule has 5 rings (SSSR count). The number of carbonyl (C=O) groups is 3. The Balaban J connectivity index is 1.33. The van der Waals surface area contributed by atoms with E-state index in [4.69, 9.17) is 4.42 Å². The van der Waals surface area contributed by atoms with Gasteiger partial charge in [0.05, 0.1) is 17.7 Å². The van der Waals surface area contributed by atoms with Crippen LogP contribution in [0.2, 0.25) is 0 Å². The smallest absolute Gasteiger partial charge is 0.291 e. The fourth-order valence-electron chi connectivity index (χ4n) is 5.38. The molecule has 0 spiro atoms. The van der Waals surface area contributed by atoms with Gasteiger partial charge in [-0.2, -0.15) is 0 Å². The summed E-state index contributed by atoms with van der Waals surface area (Å²) >= 11 is 0. The lowest BCUT2D eigenvalue weighted by molar-refractivity contribution is -0.133. The number of furan rings is 1. The number of carbonyl (C=O) groups excluding carboxylic acids is 3. The van der Waals surface area contributed by atoms with Gasteiger partial charge >= 0.3 is 0 Å². The number of anilines is 2. The van der Waals surface area contributed by atoms with Crippen molar-refractivity contribution in [2.75, 3.05) is 49.5 Å². The van der Waals surface area contributed by atoms with Crippen molar-refractivity contribution < 1.29 is 18.8 Å². The number of hydrogen-bond acceptors (Lipinski definition) is 5. The summed E-state index contributed by atoms with van der Waals surface area (Å²) in [5.74, 6) is -0.170. The van der Waals surface area contributed by atoms with E-state index in [1.54, 1.807) is 18.2 Å². The Morgan fingerprint density at radius 3 is 2.26 bits per heavy atom. The Hall–Kier alpha value is -4.07. The number of rotatable bonds is 7. The number of nitrogens with one attached hydrogen (secondary N) is 1.